The number of Topliss-reactive ketones (excluding diaryl/α,β-unsaturated/α-hetero) is 1. The third-order valence-corrected chi connectivity index (χ3v) is 7.00. The smallest absolute Gasteiger partial charge is 0.191 e. The Hall–Kier alpha value is -1.87. The molecule has 0 saturated carbocycles. The van der Waals surface area contributed by atoms with Gasteiger partial charge in [0.05, 0.1) is 24.4 Å². The number of methoxy groups -OCH3 is 1. The van der Waals surface area contributed by atoms with Gasteiger partial charge < -0.3 is 9.30 Å². The highest BCUT2D eigenvalue weighted by atomic mass is 32.2. The van der Waals surface area contributed by atoms with Crippen LogP contribution in [0.4, 0.5) is 0 Å². The second-order valence-electron chi connectivity index (χ2n) is 5.94. The van der Waals surface area contributed by atoms with Crippen LogP contribution in [-0.2, 0) is 16.9 Å². The molecule has 0 bridgehead atoms. The number of carbonyl (C=O) groups excluding carboxylic acids is 1. The van der Waals surface area contributed by atoms with Crippen LogP contribution in [0.15, 0.2) is 29.4 Å². The molecule has 0 amide bonds. The Kier molecular flexibility index (Phi) is 5.14. The number of benzene rings is 1. The van der Waals surface area contributed by atoms with Crippen LogP contribution >= 0.6 is 11.8 Å². The lowest BCUT2D eigenvalue weighted by atomic mass is 10.1. The van der Waals surface area contributed by atoms with Crippen molar-refractivity contribution in [3.05, 3.63) is 35.7 Å². The summed E-state index contributed by atoms with van der Waals surface area (Å²) in [4.78, 5) is 12.3. The van der Waals surface area contributed by atoms with E-state index in [0.717, 1.165) is 0 Å². The van der Waals surface area contributed by atoms with E-state index in [1.54, 1.807) is 43.0 Å². The van der Waals surface area contributed by atoms with Crippen molar-refractivity contribution >= 4 is 27.4 Å². The molecule has 1 unspecified atom stereocenters. The third kappa shape index (κ3) is 4.04. The summed E-state index contributed by atoms with van der Waals surface area (Å²) < 4.78 is 30.1. The fraction of sp³-hybridized carbons (Fsp3) is 0.438. The van der Waals surface area contributed by atoms with Crippen molar-refractivity contribution < 1.29 is 17.9 Å². The SMILES string of the molecule is COc1ccc(C(=O)CSc2nnc(C3CCS(=O)(=O)C3)n2C)cc1. The van der Waals surface area contributed by atoms with E-state index in [1.807, 2.05) is 0 Å². The fourth-order valence-electron chi connectivity index (χ4n) is 2.80. The molecule has 0 radical (unpaired) electrons. The zero-order chi connectivity index (χ0) is 18.0. The molecule has 0 N–H and O–H groups in total. The average molecular weight is 381 g/mol. The Balaban J connectivity index is 1.64. The molecule has 2 aromatic rings. The first kappa shape index (κ1) is 17.9. The topological polar surface area (TPSA) is 91.2 Å². The van der Waals surface area contributed by atoms with E-state index >= 15 is 0 Å². The first-order valence-corrected chi connectivity index (χ1v) is 10.6. The highest BCUT2D eigenvalue weighted by Gasteiger charge is 2.32. The molecular weight excluding hydrogens is 362 g/mol. The van der Waals surface area contributed by atoms with Crippen molar-refractivity contribution in [2.24, 2.45) is 7.05 Å². The average Bonchev–Trinajstić information content (AvgIpc) is 3.14. The predicted octanol–water partition coefficient (Wildman–Crippen LogP) is 1.70. The second kappa shape index (κ2) is 7.17. The van der Waals surface area contributed by atoms with Gasteiger partial charge in [0.15, 0.2) is 20.8 Å². The maximum atomic E-state index is 12.3. The number of thioether (sulfide) groups is 1. The van der Waals surface area contributed by atoms with Gasteiger partial charge in [-0.3, -0.25) is 4.79 Å². The number of nitrogens with zero attached hydrogens (tertiary/aromatic N) is 3. The number of hydrogen-bond donors (Lipinski definition) is 0. The second-order valence-corrected chi connectivity index (χ2v) is 9.11. The lowest BCUT2D eigenvalue weighted by Gasteiger charge is -2.08. The Bertz CT molecular complexity index is 875. The van der Waals surface area contributed by atoms with E-state index in [9.17, 15) is 13.2 Å². The van der Waals surface area contributed by atoms with Crippen LogP contribution < -0.4 is 4.74 Å². The maximum absolute atomic E-state index is 12.3. The Morgan fingerprint density at radius 2 is 2.04 bits per heavy atom. The molecule has 0 aliphatic carbocycles. The molecule has 134 valence electrons. The van der Waals surface area contributed by atoms with Gasteiger partial charge in [0, 0.05) is 18.5 Å². The number of rotatable bonds is 6. The molecule has 9 heteroatoms. The van der Waals surface area contributed by atoms with Gasteiger partial charge in [0.1, 0.15) is 11.6 Å². The van der Waals surface area contributed by atoms with Crippen molar-refractivity contribution in [3.8, 4) is 5.75 Å². The van der Waals surface area contributed by atoms with E-state index in [-0.39, 0.29) is 29.0 Å². The molecule has 25 heavy (non-hydrogen) atoms. The van der Waals surface area contributed by atoms with Crippen LogP contribution in [-0.4, -0.2) is 53.3 Å². The predicted molar refractivity (Wildman–Crippen MR) is 95.1 cm³/mol. The molecule has 1 saturated heterocycles. The molecule has 1 aliphatic heterocycles. The summed E-state index contributed by atoms with van der Waals surface area (Å²) in [6, 6.07) is 6.96. The molecule has 1 aliphatic rings. The summed E-state index contributed by atoms with van der Waals surface area (Å²) in [6.45, 7) is 0. The van der Waals surface area contributed by atoms with Crippen molar-refractivity contribution in [3.63, 3.8) is 0 Å². The van der Waals surface area contributed by atoms with Crippen molar-refractivity contribution in [1.82, 2.24) is 14.8 Å². The molecule has 1 fully saturated rings. The molecule has 2 heterocycles. The monoisotopic (exact) mass is 381 g/mol. The number of carbonyl (C=O) groups is 1. The summed E-state index contributed by atoms with van der Waals surface area (Å²) in [6.07, 6.45) is 0.573. The van der Waals surface area contributed by atoms with Gasteiger partial charge in [-0.1, -0.05) is 11.8 Å². The van der Waals surface area contributed by atoms with Crippen LogP contribution in [0.3, 0.4) is 0 Å². The summed E-state index contributed by atoms with van der Waals surface area (Å²) in [5, 5.41) is 8.86. The minimum Gasteiger partial charge on any atom is -0.497 e. The molecule has 7 nitrogen and oxygen atoms in total. The number of ketones is 1. The van der Waals surface area contributed by atoms with E-state index in [4.69, 9.17) is 4.74 Å². The van der Waals surface area contributed by atoms with Gasteiger partial charge >= 0.3 is 0 Å². The lowest BCUT2D eigenvalue weighted by molar-refractivity contribution is 0.102. The van der Waals surface area contributed by atoms with Crippen LogP contribution in [0, 0.1) is 0 Å². The van der Waals surface area contributed by atoms with E-state index in [1.165, 1.54) is 11.8 Å². The van der Waals surface area contributed by atoms with Crippen LogP contribution in [0.1, 0.15) is 28.5 Å². The highest BCUT2D eigenvalue weighted by molar-refractivity contribution is 7.99. The molecule has 1 aromatic carbocycles. The highest BCUT2D eigenvalue weighted by Crippen LogP contribution is 2.29. The van der Waals surface area contributed by atoms with Gasteiger partial charge in [-0.2, -0.15) is 0 Å². The molecule has 1 aromatic heterocycles. The summed E-state index contributed by atoms with van der Waals surface area (Å²) in [5.41, 5.74) is 0.609. The van der Waals surface area contributed by atoms with Crippen LogP contribution in [0.2, 0.25) is 0 Å². The Morgan fingerprint density at radius 3 is 2.64 bits per heavy atom. The minimum atomic E-state index is -2.97. The quantitative estimate of drug-likeness (QED) is 0.555. The van der Waals surface area contributed by atoms with E-state index in [2.05, 4.69) is 10.2 Å². The van der Waals surface area contributed by atoms with Crippen molar-refractivity contribution in [1.29, 1.82) is 0 Å². The van der Waals surface area contributed by atoms with Crippen LogP contribution in [0.25, 0.3) is 0 Å². The summed E-state index contributed by atoms with van der Waals surface area (Å²) in [5.74, 6) is 1.79. The van der Waals surface area contributed by atoms with E-state index < -0.39 is 9.84 Å². The maximum Gasteiger partial charge on any atom is 0.191 e. The molecular formula is C16H19N3O4S2. The Morgan fingerprint density at radius 1 is 1.32 bits per heavy atom. The van der Waals surface area contributed by atoms with Gasteiger partial charge in [0.25, 0.3) is 0 Å². The third-order valence-electron chi connectivity index (χ3n) is 4.21. The number of sulfone groups is 1. The number of aromatic nitrogens is 3. The largest absolute Gasteiger partial charge is 0.497 e. The minimum absolute atomic E-state index is 0.0133. The van der Waals surface area contributed by atoms with Crippen molar-refractivity contribution in [2.45, 2.75) is 17.5 Å². The normalized spacial score (nSPS) is 19.0. The molecule has 3 rings (SSSR count). The number of ether oxygens (including phenoxy) is 1. The van der Waals surface area contributed by atoms with Gasteiger partial charge in [-0.15, -0.1) is 10.2 Å². The zero-order valence-electron chi connectivity index (χ0n) is 14.0. The fourth-order valence-corrected chi connectivity index (χ4v) is 5.35. The summed E-state index contributed by atoms with van der Waals surface area (Å²) >= 11 is 1.30. The van der Waals surface area contributed by atoms with E-state index in [0.29, 0.717) is 28.7 Å². The summed E-state index contributed by atoms with van der Waals surface area (Å²) in [7, 11) is 0.412. The Labute approximate surface area is 150 Å². The van der Waals surface area contributed by atoms with Gasteiger partial charge in [-0.05, 0) is 30.7 Å². The first-order chi connectivity index (χ1) is 11.9. The van der Waals surface area contributed by atoms with Crippen molar-refractivity contribution in [2.75, 3.05) is 24.4 Å². The first-order valence-electron chi connectivity index (χ1n) is 7.79. The molecule has 1 atom stereocenters. The van der Waals surface area contributed by atoms with Crippen LogP contribution in [0.5, 0.6) is 5.75 Å². The lowest BCUT2D eigenvalue weighted by Crippen LogP contribution is -2.09. The zero-order valence-corrected chi connectivity index (χ0v) is 15.6. The number of hydrogen-bond acceptors (Lipinski definition) is 7. The van der Waals surface area contributed by atoms with Gasteiger partial charge in [0.2, 0.25) is 0 Å². The molecule has 0 spiro atoms. The standard InChI is InChI=1S/C16H19N3O4S2/c1-19-15(12-7-8-25(21,22)10-12)17-18-16(19)24-9-14(20)11-3-5-13(23-2)6-4-11/h3-6,12H,7-10H2,1-2H3. The van der Waals surface area contributed by atoms with Gasteiger partial charge in [-0.25, -0.2) is 8.42 Å².